The van der Waals surface area contributed by atoms with Crippen LogP contribution in [0.2, 0.25) is 0 Å². The Morgan fingerprint density at radius 1 is 1.22 bits per heavy atom. The number of aromatic nitrogens is 4. The van der Waals surface area contributed by atoms with Gasteiger partial charge in [0.15, 0.2) is 5.65 Å². The number of nitrogens with zero attached hydrogens (tertiary/aromatic N) is 5. The van der Waals surface area contributed by atoms with E-state index >= 15 is 0 Å². The Hall–Kier alpha value is -2.53. The third kappa shape index (κ3) is 3.99. The summed E-state index contributed by atoms with van der Waals surface area (Å²) in [5.41, 5.74) is -0.0385. The standard InChI is InChI=1S/C21H23F3N6OS/c1-32-16-8-13(9-16)26-20-27-18(29-6-5-15(31)11-29)17-10-25-30(19(17)28-20)14-4-2-3-12(7-14)21(22,23)24/h2-4,7,10,13,15-16,31H,5-6,8-9,11H2,1H3,(H,26,27,28)/t13-,15?,16-. The molecule has 1 aliphatic heterocycles. The van der Waals surface area contributed by atoms with Crippen LogP contribution in [0.3, 0.4) is 0 Å². The SMILES string of the molecule is CS[C@H]1C[C@H](Nc2nc(N3CCC(O)C3)c3cnn(-c4cccc(C(F)(F)F)c4)c3n2)C1. The van der Waals surface area contributed by atoms with Gasteiger partial charge in [-0.15, -0.1) is 0 Å². The summed E-state index contributed by atoms with van der Waals surface area (Å²) in [4.78, 5) is 11.3. The van der Waals surface area contributed by atoms with Gasteiger partial charge in [0.1, 0.15) is 5.82 Å². The third-order valence-electron chi connectivity index (χ3n) is 6.05. The maximum Gasteiger partial charge on any atom is 0.416 e. The molecular formula is C21H23F3N6OS. The van der Waals surface area contributed by atoms with E-state index in [-0.39, 0.29) is 11.7 Å². The van der Waals surface area contributed by atoms with Crippen LogP contribution in [0.25, 0.3) is 16.7 Å². The lowest BCUT2D eigenvalue weighted by Gasteiger charge is -2.34. The fourth-order valence-corrected chi connectivity index (χ4v) is 5.04. The summed E-state index contributed by atoms with van der Waals surface area (Å²) in [6.45, 7) is 1.08. The van der Waals surface area contributed by atoms with Crippen molar-refractivity contribution >= 4 is 34.6 Å². The highest BCUT2D eigenvalue weighted by Gasteiger charge is 2.32. The highest BCUT2D eigenvalue weighted by atomic mass is 32.2. The molecule has 1 atom stereocenters. The normalized spacial score (nSPS) is 23.5. The summed E-state index contributed by atoms with van der Waals surface area (Å²) in [5.74, 6) is 1.06. The van der Waals surface area contributed by atoms with Gasteiger partial charge in [-0.3, -0.25) is 0 Å². The number of fused-ring (bicyclic) bond motifs is 1. The fraction of sp³-hybridized carbons (Fsp3) is 0.476. The van der Waals surface area contributed by atoms with Crippen LogP contribution in [-0.2, 0) is 6.18 Å². The maximum atomic E-state index is 13.2. The first-order valence-electron chi connectivity index (χ1n) is 10.5. The molecule has 2 aliphatic rings. The molecule has 1 aliphatic carbocycles. The van der Waals surface area contributed by atoms with Crippen molar-refractivity contribution < 1.29 is 18.3 Å². The van der Waals surface area contributed by atoms with E-state index in [4.69, 9.17) is 4.98 Å². The van der Waals surface area contributed by atoms with Crippen molar-refractivity contribution in [3.05, 3.63) is 36.0 Å². The monoisotopic (exact) mass is 464 g/mol. The summed E-state index contributed by atoms with van der Waals surface area (Å²) in [6, 6.07) is 5.29. The zero-order chi connectivity index (χ0) is 22.5. The molecule has 1 aromatic carbocycles. The summed E-state index contributed by atoms with van der Waals surface area (Å²) in [5, 5.41) is 19.0. The van der Waals surface area contributed by atoms with E-state index in [2.05, 4.69) is 21.7 Å². The Morgan fingerprint density at radius 2 is 2.03 bits per heavy atom. The largest absolute Gasteiger partial charge is 0.416 e. The Bertz CT molecular complexity index is 1130. The molecule has 0 radical (unpaired) electrons. The van der Waals surface area contributed by atoms with E-state index in [1.807, 2.05) is 16.7 Å². The van der Waals surface area contributed by atoms with E-state index < -0.39 is 17.8 Å². The molecule has 11 heteroatoms. The van der Waals surface area contributed by atoms with Crippen LogP contribution in [0.4, 0.5) is 24.9 Å². The molecule has 3 aromatic rings. The number of alkyl halides is 3. The van der Waals surface area contributed by atoms with E-state index in [9.17, 15) is 18.3 Å². The smallest absolute Gasteiger partial charge is 0.391 e. The second-order valence-electron chi connectivity index (χ2n) is 8.27. The minimum absolute atomic E-state index is 0.256. The minimum atomic E-state index is -4.45. The summed E-state index contributed by atoms with van der Waals surface area (Å²) >= 11 is 1.83. The molecule has 32 heavy (non-hydrogen) atoms. The van der Waals surface area contributed by atoms with Gasteiger partial charge in [-0.1, -0.05) is 6.07 Å². The van der Waals surface area contributed by atoms with Gasteiger partial charge in [0, 0.05) is 24.4 Å². The first-order valence-corrected chi connectivity index (χ1v) is 11.8. The lowest BCUT2D eigenvalue weighted by Crippen LogP contribution is -2.37. The predicted molar refractivity (Wildman–Crippen MR) is 118 cm³/mol. The van der Waals surface area contributed by atoms with Gasteiger partial charge in [-0.05, 0) is 43.7 Å². The second kappa shape index (κ2) is 8.11. The Labute approximate surface area is 187 Å². The number of hydrogen-bond acceptors (Lipinski definition) is 7. The topological polar surface area (TPSA) is 79.1 Å². The summed E-state index contributed by atoms with van der Waals surface area (Å²) in [7, 11) is 0. The summed E-state index contributed by atoms with van der Waals surface area (Å²) < 4.78 is 41.2. The molecule has 170 valence electrons. The molecule has 0 spiro atoms. The van der Waals surface area contributed by atoms with Gasteiger partial charge < -0.3 is 15.3 Å². The summed E-state index contributed by atoms with van der Waals surface area (Å²) in [6.07, 6.45) is 1.42. The quantitative estimate of drug-likeness (QED) is 0.596. The average molecular weight is 465 g/mol. The molecule has 5 rings (SSSR count). The number of aliphatic hydroxyl groups is 1. The zero-order valence-electron chi connectivity index (χ0n) is 17.4. The number of hydrogen-bond donors (Lipinski definition) is 2. The Kier molecular flexibility index (Phi) is 5.40. The van der Waals surface area contributed by atoms with Gasteiger partial charge in [0.05, 0.1) is 28.9 Å². The van der Waals surface area contributed by atoms with Gasteiger partial charge >= 0.3 is 6.18 Å². The van der Waals surface area contributed by atoms with E-state index in [1.165, 1.54) is 10.7 Å². The van der Waals surface area contributed by atoms with Gasteiger partial charge in [0.2, 0.25) is 5.95 Å². The number of benzene rings is 1. The third-order valence-corrected chi connectivity index (χ3v) is 7.10. The van der Waals surface area contributed by atoms with Crippen LogP contribution in [-0.4, -0.2) is 61.6 Å². The van der Waals surface area contributed by atoms with Crippen molar-refractivity contribution in [2.24, 2.45) is 0 Å². The van der Waals surface area contributed by atoms with Gasteiger partial charge in [0.25, 0.3) is 0 Å². The number of rotatable bonds is 5. The first kappa shape index (κ1) is 21.3. The van der Waals surface area contributed by atoms with Crippen molar-refractivity contribution in [1.82, 2.24) is 19.7 Å². The van der Waals surface area contributed by atoms with Crippen LogP contribution in [0.1, 0.15) is 24.8 Å². The second-order valence-corrected chi connectivity index (χ2v) is 9.41. The van der Waals surface area contributed by atoms with Crippen molar-refractivity contribution in [2.75, 3.05) is 29.6 Å². The number of nitrogens with one attached hydrogen (secondary N) is 1. The van der Waals surface area contributed by atoms with E-state index in [1.54, 1.807) is 12.3 Å². The van der Waals surface area contributed by atoms with Crippen molar-refractivity contribution in [3.63, 3.8) is 0 Å². The van der Waals surface area contributed by atoms with Crippen molar-refractivity contribution in [2.45, 2.75) is 42.8 Å². The molecule has 1 saturated heterocycles. The van der Waals surface area contributed by atoms with Crippen LogP contribution < -0.4 is 10.2 Å². The maximum absolute atomic E-state index is 13.2. The molecular weight excluding hydrogens is 441 g/mol. The number of halogens is 3. The predicted octanol–water partition coefficient (Wildman–Crippen LogP) is 3.71. The molecule has 2 N–H and O–H groups in total. The van der Waals surface area contributed by atoms with Crippen LogP contribution in [0, 0.1) is 0 Å². The average Bonchev–Trinajstić information content (AvgIpc) is 3.35. The number of thioether (sulfide) groups is 1. The van der Waals surface area contributed by atoms with Crippen LogP contribution >= 0.6 is 11.8 Å². The van der Waals surface area contributed by atoms with Crippen molar-refractivity contribution in [3.8, 4) is 5.69 Å². The molecule has 2 aromatic heterocycles. The van der Waals surface area contributed by atoms with Crippen LogP contribution in [0.15, 0.2) is 30.5 Å². The molecule has 3 heterocycles. The number of β-amino-alcohol motifs (C(OH)–C–C–N with tert-alkyl or cyclic N) is 1. The van der Waals surface area contributed by atoms with Gasteiger partial charge in [-0.25, -0.2) is 4.68 Å². The molecule has 7 nitrogen and oxygen atoms in total. The number of aliphatic hydroxyl groups excluding tert-OH is 1. The molecule has 1 saturated carbocycles. The first-order chi connectivity index (χ1) is 15.3. The van der Waals surface area contributed by atoms with E-state index in [0.717, 1.165) is 25.0 Å². The Balaban J connectivity index is 1.57. The van der Waals surface area contributed by atoms with Crippen molar-refractivity contribution in [1.29, 1.82) is 0 Å². The zero-order valence-corrected chi connectivity index (χ0v) is 18.2. The minimum Gasteiger partial charge on any atom is -0.391 e. The Morgan fingerprint density at radius 3 is 2.72 bits per heavy atom. The highest BCUT2D eigenvalue weighted by molar-refractivity contribution is 7.99. The highest BCUT2D eigenvalue weighted by Crippen LogP contribution is 2.35. The molecule has 2 fully saturated rings. The molecule has 1 unspecified atom stereocenters. The van der Waals surface area contributed by atoms with E-state index in [0.29, 0.717) is 47.6 Å². The number of anilines is 2. The molecule has 0 amide bonds. The van der Waals surface area contributed by atoms with Gasteiger partial charge in [-0.2, -0.15) is 40.0 Å². The van der Waals surface area contributed by atoms with Crippen LogP contribution in [0.5, 0.6) is 0 Å². The lowest BCUT2D eigenvalue weighted by atomic mass is 9.92. The fourth-order valence-electron chi connectivity index (χ4n) is 4.19. The lowest BCUT2D eigenvalue weighted by molar-refractivity contribution is -0.137. The molecule has 0 bridgehead atoms.